The predicted octanol–water partition coefficient (Wildman–Crippen LogP) is 24.0. The highest BCUT2D eigenvalue weighted by Gasteiger charge is 2.30. The van der Waals surface area contributed by atoms with Crippen LogP contribution in [0.3, 0.4) is 0 Å². The lowest BCUT2D eigenvalue weighted by molar-refractivity contribution is -0.161. The van der Waals surface area contributed by atoms with Crippen molar-refractivity contribution in [1.82, 2.24) is 0 Å². The number of esters is 4. The van der Waals surface area contributed by atoms with Crippen LogP contribution in [0.25, 0.3) is 0 Å². The minimum atomic E-state index is -4.96. The van der Waals surface area contributed by atoms with Crippen molar-refractivity contribution in [1.29, 1.82) is 0 Å². The number of ether oxygens (including phenoxy) is 4. The van der Waals surface area contributed by atoms with Gasteiger partial charge in [-0.25, -0.2) is 9.13 Å². The van der Waals surface area contributed by atoms with Crippen molar-refractivity contribution in [3.8, 4) is 0 Å². The number of aliphatic hydroxyl groups is 1. The number of unbranched alkanes of at least 4 members (excludes halogenated alkanes) is 42. The van der Waals surface area contributed by atoms with Gasteiger partial charge in [-0.15, -0.1) is 0 Å². The van der Waals surface area contributed by atoms with Gasteiger partial charge in [-0.3, -0.25) is 37.3 Å². The molecule has 7 atom stereocenters. The molecule has 3 N–H and O–H groups in total. The summed E-state index contributed by atoms with van der Waals surface area (Å²) in [6.07, 6.45) is 56.9. The molecule has 0 saturated carbocycles. The number of aliphatic hydroxyl groups excluding tert-OH is 1. The number of phosphoric ester groups is 2. The summed E-state index contributed by atoms with van der Waals surface area (Å²) in [4.78, 5) is 73.0. The molecule has 0 amide bonds. The Labute approximate surface area is 613 Å². The molecule has 0 aliphatic carbocycles. The van der Waals surface area contributed by atoms with Gasteiger partial charge in [-0.2, -0.15) is 0 Å². The van der Waals surface area contributed by atoms with E-state index >= 15 is 0 Å². The molecular weight excluding hydrogens is 1310 g/mol. The molecule has 0 aromatic carbocycles. The van der Waals surface area contributed by atoms with E-state index in [1.54, 1.807) is 0 Å². The lowest BCUT2D eigenvalue weighted by Gasteiger charge is -2.21. The maximum atomic E-state index is 13.1. The first-order chi connectivity index (χ1) is 48.2. The molecule has 0 aliphatic rings. The normalized spacial score (nSPS) is 14.6. The van der Waals surface area contributed by atoms with Crippen LogP contribution in [0, 0.1) is 23.7 Å². The lowest BCUT2D eigenvalue weighted by atomic mass is 9.99. The van der Waals surface area contributed by atoms with Gasteiger partial charge in [-0.1, -0.05) is 364 Å². The molecule has 594 valence electrons. The fraction of sp³-hybridized carbons (Fsp3) is 0.951. The highest BCUT2D eigenvalue weighted by Crippen LogP contribution is 2.45. The highest BCUT2D eigenvalue weighted by atomic mass is 31.2. The van der Waals surface area contributed by atoms with Crippen LogP contribution in [-0.4, -0.2) is 96.7 Å². The number of hydrogen-bond donors (Lipinski definition) is 3. The van der Waals surface area contributed by atoms with Crippen molar-refractivity contribution in [2.24, 2.45) is 23.7 Å². The van der Waals surface area contributed by atoms with Gasteiger partial charge < -0.3 is 33.8 Å². The number of carbonyl (C=O) groups is 4. The zero-order valence-electron chi connectivity index (χ0n) is 65.8. The van der Waals surface area contributed by atoms with Crippen LogP contribution in [0.2, 0.25) is 0 Å². The lowest BCUT2D eigenvalue weighted by Crippen LogP contribution is -2.30. The Morgan fingerprint density at radius 2 is 0.480 bits per heavy atom. The van der Waals surface area contributed by atoms with Crippen LogP contribution in [0.4, 0.5) is 0 Å². The number of carbonyl (C=O) groups excluding carboxylic acids is 4. The van der Waals surface area contributed by atoms with Gasteiger partial charge in [0.05, 0.1) is 26.4 Å². The van der Waals surface area contributed by atoms with Crippen LogP contribution in [0.15, 0.2) is 0 Å². The second-order valence-corrected chi connectivity index (χ2v) is 33.5. The third-order valence-electron chi connectivity index (χ3n) is 19.5. The van der Waals surface area contributed by atoms with Gasteiger partial charge >= 0.3 is 39.5 Å². The maximum Gasteiger partial charge on any atom is 0.472 e. The number of rotatable bonds is 78. The van der Waals surface area contributed by atoms with Gasteiger partial charge in [0.1, 0.15) is 19.3 Å². The summed E-state index contributed by atoms with van der Waals surface area (Å²) in [7, 11) is -9.92. The van der Waals surface area contributed by atoms with E-state index in [0.29, 0.717) is 31.6 Å². The van der Waals surface area contributed by atoms with Crippen molar-refractivity contribution in [3.05, 3.63) is 0 Å². The third kappa shape index (κ3) is 71.7. The number of phosphoric acid groups is 2. The molecule has 0 rings (SSSR count). The molecule has 0 radical (unpaired) electrons. The van der Waals surface area contributed by atoms with Crippen LogP contribution in [-0.2, 0) is 65.4 Å². The van der Waals surface area contributed by atoms with Gasteiger partial charge in [0.15, 0.2) is 12.2 Å². The summed E-state index contributed by atoms with van der Waals surface area (Å²) in [5.41, 5.74) is 0. The van der Waals surface area contributed by atoms with E-state index < -0.39 is 97.5 Å². The molecule has 0 bridgehead atoms. The maximum absolute atomic E-state index is 13.1. The standard InChI is InChI=1S/C81H158O17P2/c1-9-73(7)59-51-43-34-28-22-18-15-16-19-23-30-36-45-53-61-78(83)91-67-76(97-80(85)63-55-47-37-31-24-20-14-12-11-13-17-21-27-33-41-49-57-71(3)4)69-95-99(87,88)93-65-75(82)66-94-100(89,90)96-70-77(68-92-79(84)62-54-46-40-39-42-50-58-72(5)6)98-81(86)64-56-48-38-32-26-25-29-35-44-52-60-74(8)10-2/h71-77,82H,9-70H2,1-8H3,(H,87,88)(H,89,90)/t73?,74?,75-,76-,77-/m1/s1. The van der Waals surface area contributed by atoms with Crippen molar-refractivity contribution >= 4 is 39.5 Å². The molecule has 0 saturated heterocycles. The summed E-state index contributed by atoms with van der Waals surface area (Å²) in [5, 5.41) is 10.6. The molecule has 0 spiro atoms. The summed E-state index contributed by atoms with van der Waals surface area (Å²) in [5.74, 6) is 1.03. The zero-order valence-corrected chi connectivity index (χ0v) is 67.6. The molecule has 19 heteroatoms. The van der Waals surface area contributed by atoms with E-state index in [2.05, 4.69) is 55.4 Å². The van der Waals surface area contributed by atoms with Crippen molar-refractivity contribution < 1.29 is 80.2 Å². The van der Waals surface area contributed by atoms with E-state index in [-0.39, 0.29) is 25.7 Å². The third-order valence-corrected chi connectivity index (χ3v) is 21.4. The zero-order chi connectivity index (χ0) is 73.8. The Hall–Kier alpha value is -1.94. The molecule has 100 heavy (non-hydrogen) atoms. The molecular formula is C81H158O17P2. The van der Waals surface area contributed by atoms with E-state index in [4.69, 9.17) is 37.0 Å². The Morgan fingerprint density at radius 3 is 0.710 bits per heavy atom. The van der Waals surface area contributed by atoms with E-state index in [1.807, 2.05) is 0 Å². The van der Waals surface area contributed by atoms with Crippen molar-refractivity contribution in [2.45, 2.75) is 433 Å². The first-order valence-electron chi connectivity index (χ1n) is 41.8. The van der Waals surface area contributed by atoms with Crippen LogP contribution < -0.4 is 0 Å². The minimum Gasteiger partial charge on any atom is -0.462 e. The monoisotopic (exact) mass is 1470 g/mol. The fourth-order valence-electron chi connectivity index (χ4n) is 12.4. The van der Waals surface area contributed by atoms with Crippen LogP contribution in [0.5, 0.6) is 0 Å². The average Bonchev–Trinajstić information content (AvgIpc) is 0.959. The fourth-order valence-corrected chi connectivity index (χ4v) is 13.9. The predicted molar refractivity (Wildman–Crippen MR) is 409 cm³/mol. The van der Waals surface area contributed by atoms with Crippen LogP contribution >= 0.6 is 15.6 Å². The van der Waals surface area contributed by atoms with Crippen molar-refractivity contribution in [3.63, 3.8) is 0 Å². The van der Waals surface area contributed by atoms with Gasteiger partial charge in [-0.05, 0) is 49.4 Å². The first kappa shape index (κ1) is 98.1. The largest absolute Gasteiger partial charge is 0.472 e. The smallest absolute Gasteiger partial charge is 0.462 e. The van der Waals surface area contributed by atoms with Gasteiger partial charge in [0.25, 0.3) is 0 Å². The van der Waals surface area contributed by atoms with E-state index in [0.717, 1.165) is 114 Å². The van der Waals surface area contributed by atoms with Gasteiger partial charge in [0.2, 0.25) is 0 Å². The molecule has 0 aromatic heterocycles. The average molecular weight is 1470 g/mol. The topological polar surface area (TPSA) is 237 Å². The molecule has 17 nitrogen and oxygen atoms in total. The second-order valence-electron chi connectivity index (χ2n) is 30.6. The van der Waals surface area contributed by atoms with Gasteiger partial charge in [0, 0.05) is 25.7 Å². The second kappa shape index (κ2) is 70.1. The highest BCUT2D eigenvalue weighted by molar-refractivity contribution is 7.47. The summed E-state index contributed by atoms with van der Waals surface area (Å²) in [6, 6.07) is 0. The molecule has 0 aliphatic heterocycles. The van der Waals surface area contributed by atoms with E-state index in [1.165, 1.54) is 212 Å². The summed E-state index contributed by atoms with van der Waals surface area (Å²) < 4.78 is 68.7. The Bertz CT molecular complexity index is 1960. The minimum absolute atomic E-state index is 0.105. The molecule has 0 fully saturated rings. The Balaban J connectivity index is 5.24. The quantitative estimate of drug-likeness (QED) is 0.0222. The SMILES string of the molecule is CCC(C)CCCCCCCCCCCCCCCCC(=O)OC[C@H](COP(=O)(O)OC[C@@H](O)COP(=O)(O)OC[C@@H](COC(=O)CCCCCCCCC(C)C)OC(=O)CCCCCCCCCCCCC(C)CC)OC(=O)CCCCCCCCCCCCCCCCCCC(C)C. The summed E-state index contributed by atoms with van der Waals surface area (Å²) >= 11 is 0. The Kier molecular flexibility index (Phi) is 68.7. The Morgan fingerprint density at radius 1 is 0.280 bits per heavy atom. The van der Waals surface area contributed by atoms with Crippen molar-refractivity contribution in [2.75, 3.05) is 39.6 Å². The molecule has 4 unspecified atom stereocenters. The molecule has 0 aromatic rings. The summed E-state index contributed by atoms with van der Waals surface area (Å²) in [6.45, 7) is 14.3. The first-order valence-corrected chi connectivity index (χ1v) is 44.8. The number of hydrogen-bond acceptors (Lipinski definition) is 15. The van der Waals surface area contributed by atoms with E-state index in [9.17, 15) is 43.2 Å². The van der Waals surface area contributed by atoms with Crippen LogP contribution in [0.1, 0.15) is 415 Å². The molecule has 0 heterocycles.